The van der Waals surface area contributed by atoms with Crippen LogP contribution in [-0.2, 0) is 33.6 Å². The number of aryl methyl sites for hydroxylation is 3. The summed E-state index contributed by atoms with van der Waals surface area (Å²) in [6.07, 6.45) is 3.89. The van der Waals surface area contributed by atoms with Crippen molar-refractivity contribution in [1.82, 2.24) is 19.7 Å². The molecule has 0 bridgehead atoms. The minimum absolute atomic E-state index is 0.104. The molecule has 0 atom stereocenters. The van der Waals surface area contributed by atoms with E-state index in [1.54, 1.807) is 39.6 Å². The van der Waals surface area contributed by atoms with Gasteiger partial charge in [0, 0.05) is 13.0 Å². The van der Waals surface area contributed by atoms with Gasteiger partial charge < -0.3 is 10.4 Å². The van der Waals surface area contributed by atoms with Gasteiger partial charge >= 0.3 is 11.7 Å². The van der Waals surface area contributed by atoms with Crippen molar-refractivity contribution in [1.29, 1.82) is 0 Å². The summed E-state index contributed by atoms with van der Waals surface area (Å²) in [7, 11) is -3.88. The summed E-state index contributed by atoms with van der Waals surface area (Å²) < 4.78 is 32.3. The van der Waals surface area contributed by atoms with Crippen LogP contribution in [0.1, 0.15) is 42.6 Å². The summed E-state index contributed by atoms with van der Waals surface area (Å²) in [5.41, 5.74) is 2.18. The average Bonchev–Trinajstić information content (AvgIpc) is 3.15. The Balaban J connectivity index is 0.000000289. The van der Waals surface area contributed by atoms with Gasteiger partial charge in [-0.25, -0.2) is 14.0 Å². The van der Waals surface area contributed by atoms with Crippen molar-refractivity contribution in [3.05, 3.63) is 82.0 Å². The lowest BCUT2D eigenvalue weighted by molar-refractivity contribution is -0.136. The Morgan fingerprint density at radius 3 is 2.30 bits per heavy atom. The van der Waals surface area contributed by atoms with E-state index in [1.807, 2.05) is 31.2 Å². The molecule has 4 rings (SSSR count). The fraction of sp³-hybridized carbons (Fsp3) is 0.423. The van der Waals surface area contributed by atoms with E-state index in [4.69, 9.17) is 9.66 Å². The largest absolute Gasteiger partial charge is 0.481 e. The van der Waals surface area contributed by atoms with Gasteiger partial charge in [0.05, 0.1) is 5.69 Å². The number of nitrogens with one attached hydrogen (secondary N) is 1. The van der Waals surface area contributed by atoms with Gasteiger partial charge in [-0.15, -0.1) is 0 Å². The molecule has 37 heavy (non-hydrogen) atoms. The summed E-state index contributed by atoms with van der Waals surface area (Å²) >= 11 is 0. The molecule has 0 saturated carbocycles. The molecule has 3 N–H and O–H groups in total. The van der Waals surface area contributed by atoms with Crippen LogP contribution >= 0.6 is 0 Å². The summed E-state index contributed by atoms with van der Waals surface area (Å²) in [5.74, 6) is 0.199. The molecule has 1 aromatic heterocycles. The zero-order valence-electron chi connectivity index (χ0n) is 20.9. The van der Waals surface area contributed by atoms with Gasteiger partial charge in [0.25, 0.3) is 10.1 Å². The molecule has 1 aliphatic rings. The highest BCUT2D eigenvalue weighted by atomic mass is 32.2. The maximum absolute atomic E-state index is 12.7. The van der Waals surface area contributed by atoms with Gasteiger partial charge in [0.1, 0.15) is 11.6 Å². The molecule has 0 spiro atoms. The van der Waals surface area contributed by atoms with Crippen molar-refractivity contribution in [3.8, 4) is 5.69 Å². The van der Waals surface area contributed by atoms with Gasteiger partial charge in [0.15, 0.2) is 0 Å². The number of piperidine rings is 1. The molecule has 3 aromatic rings. The molecular weight excluding hydrogens is 496 g/mol. The third-order valence-corrected chi connectivity index (χ3v) is 6.92. The van der Waals surface area contributed by atoms with E-state index < -0.39 is 16.1 Å². The normalized spacial score (nSPS) is 14.1. The van der Waals surface area contributed by atoms with Gasteiger partial charge in [-0.3, -0.25) is 9.35 Å². The molecule has 0 aliphatic carbocycles. The van der Waals surface area contributed by atoms with Crippen molar-refractivity contribution in [2.75, 3.05) is 13.1 Å². The van der Waals surface area contributed by atoms with Crippen molar-refractivity contribution in [2.24, 2.45) is 5.92 Å². The van der Waals surface area contributed by atoms with E-state index in [2.05, 4.69) is 10.4 Å². The van der Waals surface area contributed by atoms with E-state index >= 15 is 0 Å². The quantitative estimate of drug-likeness (QED) is 0.358. The van der Waals surface area contributed by atoms with Crippen LogP contribution in [0.15, 0.2) is 59.4 Å². The van der Waals surface area contributed by atoms with Crippen molar-refractivity contribution in [2.45, 2.75) is 51.3 Å². The Hall–Kier alpha value is -3.28. The smallest absolute Gasteiger partial charge is 0.350 e. The van der Waals surface area contributed by atoms with E-state index in [1.165, 1.54) is 0 Å². The Kier molecular flexibility index (Phi) is 10.2. The Labute approximate surface area is 216 Å². The van der Waals surface area contributed by atoms with Crippen LogP contribution in [-0.4, -0.2) is 51.5 Å². The van der Waals surface area contributed by atoms with E-state index in [-0.39, 0.29) is 17.9 Å². The first-order valence-electron chi connectivity index (χ1n) is 12.3. The molecule has 200 valence electrons. The van der Waals surface area contributed by atoms with E-state index in [0.29, 0.717) is 30.3 Å². The lowest BCUT2D eigenvalue weighted by Crippen LogP contribution is -2.30. The number of carboxylic acids is 1. The number of hydrogen-bond donors (Lipinski definition) is 3. The predicted octanol–water partition coefficient (Wildman–Crippen LogP) is 2.82. The van der Waals surface area contributed by atoms with Crippen molar-refractivity contribution >= 4 is 16.1 Å². The number of aromatic nitrogens is 3. The van der Waals surface area contributed by atoms with Crippen LogP contribution < -0.4 is 11.0 Å². The highest BCUT2D eigenvalue weighted by Crippen LogP contribution is 2.17. The molecule has 10 nitrogen and oxygen atoms in total. The second-order valence-electron chi connectivity index (χ2n) is 9.14. The first-order chi connectivity index (χ1) is 17.6. The number of carbonyl (C=O) groups is 1. The molecule has 2 aromatic carbocycles. The number of carboxylic acid groups (broad SMARTS) is 1. The van der Waals surface area contributed by atoms with Crippen LogP contribution in [0.3, 0.4) is 0 Å². The molecule has 2 heterocycles. The Morgan fingerprint density at radius 2 is 1.70 bits per heavy atom. The molecule has 0 radical (unpaired) electrons. The summed E-state index contributed by atoms with van der Waals surface area (Å²) in [4.78, 5) is 23.4. The molecule has 11 heteroatoms. The van der Waals surface area contributed by atoms with Crippen LogP contribution in [0.4, 0.5) is 0 Å². The molecule has 0 unspecified atom stereocenters. The maximum atomic E-state index is 12.7. The summed E-state index contributed by atoms with van der Waals surface area (Å²) in [6, 6.07) is 16.0. The fourth-order valence-electron chi connectivity index (χ4n) is 4.28. The average molecular weight is 531 g/mol. The van der Waals surface area contributed by atoms with Crippen LogP contribution in [0.2, 0.25) is 0 Å². The third-order valence-electron chi connectivity index (χ3n) is 6.22. The molecule has 1 saturated heterocycles. The monoisotopic (exact) mass is 530 g/mol. The fourth-order valence-corrected chi connectivity index (χ4v) is 4.90. The highest BCUT2D eigenvalue weighted by Gasteiger charge is 2.16. The number of aliphatic carboxylic acids is 1. The lowest BCUT2D eigenvalue weighted by atomic mass is 9.95. The molecule has 1 aliphatic heterocycles. The van der Waals surface area contributed by atoms with Gasteiger partial charge in [-0.05, 0) is 74.9 Å². The standard InChI is InChI=1S/C19H26N4O3.C7H8O3S/c1-14-21-22(13-10-16-8-11-20-12-9-16)19(26)23(14)17-5-2-15(3-6-17)4-7-18(24)25;8-11(9,10)6-7-4-2-1-3-5-7/h2-3,5-6,16,20H,4,7-13H2,1H3,(H,24,25);1-5H,6H2,(H,8,9,10). The highest BCUT2D eigenvalue weighted by molar-refractivity contribution is 7.85. The Bertz CT molecular complexity index is 1310. The molecule has 1 fully saturated rings. The van der Waals surface area contributed by atoms with Crippen molar-refractivity contribution < 1.29 is 22.9 Å². The van der Waals surface area contributed by atoms with Gasteiger partial charge in [0.2, 0.25) is 0 Å². The minimum Gasteiger partial charge on any atom is -0.481 e. The van der Waals surface area contributed by atoms with E-state index in [9.17, 15) is 18.0 Å². The number of benzene rings is 2. The van der Waals surface area contributed by atoms with Crippen LogP contribution in [0, 0.1) is 12.8 Å². The topological polar surface area (TPSA) is 144 Å². The zero-order chi connectivity index (χ0) is 26.8. The van der Waals surface area contributed by atoms with Gasteiger partial charge in [-0.2, -0.15) is 13.5 Å². The SMILES string of the molecule is Cc1nn(CCC2CCNCC2)c(=O)n1-c1ccc(CCC(=O)O)cc1.O=S(=O)(O)Cc1ccccc1. The molecule has 0 amide bonds. The van der Waals surface area contributed by atoms with E-state index in [0.717, 1.165) is 43.6 Å². The van der Waals surface area contributed by atoms with Crippen molar-refractivity contribution in [3.63, 3.8) is 0 Å². The second-order valence-corrected chi connectivity index (χ2v) is 10.6. The number of rotatable bonds is 9. The zero-order valence-corrected chi connectivity index (χ0v) is 21.7. The molecular formula is C26H34N4O6S. The van der Waals surface area contributed by atoms with Crippen LogP contribution in [0.5, 0.6) is 0 Å². The first-order valence-corrected chi connectivity index (χ1v) is 13.9. The lowest BCUT2D eigenvalue weighted by Gasteiger charge is -2.22. The summed E-state index contributed by atoms with van der Waals surface area (Å²) in [6.45, 7) is 4.59. The number of nitrogens with zero attached hydrogens (tertiary/aromatic N) is 3. The predicted molar refractivity (Wildman–Crippen MR) is 140 cm³/mol. The minimum atomic E-state index is -3.88. The summed E-state index contributed by atoms with van der Waals surface area (Å²) in [5, 5.41) is 16.6. The van der Waals surface area contributed by atoms with Gasteiger partial charge in [-0.1, -0.05) is 42.5 Å². The Morgan fingerprint density at radius 1 is 1.05 bits per heavy atom. The maximum Gasteiger partial charge on any atom is 0.350 e. The van der Waals surface area contributed by atoms with Crippen LogP contribution in [0.25, 0.3) is 5.69 Å². The number of hydrogen-bond acceptors (Lipinski definition) is 6. The third kappa shape index (κ3) is 9.27. The second kappa shape index (κ2) is 13.3. The first kappa shape index (κ1) is 28.3.